The average Bonchev–Trinajstić information content (AvgIpc) is 2.37. The third kappa shape index (κ3) is 4.44. The number of rotatable bonds is 6. The molecule has 19 heavy (non-hydrogen) atoms. The van der Waals surface area contributed by atoms with Gasteiger partial charge in [-0.2, -0.15) is 0 Å². The van der Waals surface area contributed by atoms with Crippen LogP contribution in [0.2, 0.25) is 0 Å². The molecule has 7 heteroatoms. The summed E-state index contributed by atoms with van der Waals surface area (Å²) in [4.78, 5) is 11.2. The van der Waals surface area contributed by atoms with Gasteiger partial charge in [-0.3, -0.25) is 0 Å². The maximum atomic E-state index is 11.2. The molecule has 0 aliphatic heterocycles. The molecule has 0 bridgehead atoms. The summed E-state index contributed by atoms with van der Waals surface area (Å²) in [6, 6.07) is 3.29. The fraction of sp³-hybridized carbons (Fsp3) is 0.333. The highest BCUT2D eigenvalue weighted by Gasteiger charge is 2.13. The van der Waals surface area contributed by atoms with Crippen LogP contribution in [-0.2, 0) is 9.53 Å². The van der Waals surface area contributed by atoms with E-state index in [0.717, 1.165) is 0 Å². The maximum Gasteiger partial charge on any atom is 0.344 e. The number of carbonyl (C=O) groups excluding carboxylic acids is 1. The summed E-state index contributed by atoms with van der Waals surface area (Å²) in [7, 11) is 1.47. The van der Waals surface area contributed by atoms with Gasteiger partial charge in [0, 0.05) is 5.56 Å². The van der Waals surface area contributed by atoms with Gasteiger partial charge in [-0.1, -0.05) is 5.16 Å². The number of benzene rings is 1. The van der Waals surface area contributed by atoms with Crippen LogP contribution in [-0.4, -0.2) is 37.7 Å². The van der Waals surface area contributed by atoms with Crippen molar-refractivity contribution in [2.45, 2.75) is 6.92 Å². The summed E-state index contributed by atoms with van der Waals surface area (Å²) < 4.78 is 15.8. The first-order valence-corrected chi connectivity index (χ1v) is 6.25. The van der Waals surface area contributed by atoms with Crippen LogP contribution in [0.5, 0.6) is 11.5 Å². The molecular weight excluding hydrogens is 318 g/mol. The van der Waals surface area contributed by atoms with Gasteiger partial charge < -0.3 is 19.4 Å². The number of methoxy groups -OCH3 is 1. The van der Waals surface area contributed by atoms with Crippen molar-refractivity contribution in [2.75, 3.05) is 20.3 Å². The number of hydrogen-bond acceptors (Lipinski definition) is 6. The predicted octanol–water partition coefficient (Wildman–Crippen LogP) is 2.21. The highest BCUT2D eigenvalue weighted by Crippen LogP contribution is 2.36. The minimum Gasteiger partial charge on any atom is -0.493 e. The zero-order valence-corrected chi connectivity index (χ0v) is 12.1. The molecular formula is C12H14BrNO5. The van der Waals surface area contributed by atoms with Crippen LogP contribution in [0.25, 0.3) is 0 Å². The molecule has 1 N–H and O–H groups in total. The van der Waals surface area contributed by atoms with Crippen LogP contribution in [0.1, 0.15) is 12.5 Å². The summed E-state index contributed by atoms with van der Waals surface area (Å²) in [6.45, 7) is 1.81. The Morgan fingerprint density at radius 1 is 1.53 bits per heavy atom. The topological polar surface area (TPSA) is 77.4 Å². The fourth-order valence-corrected chi connectivity index (χ4v) is 1.93. The van der Waals surface area contributed by atoms with E-state index < -0.39 is 5.97 Å². The first kappa shape index (κ1) is 15.3. The molecule has 0 saturated heterocycles. The largest absolute Gasteiger partial charge is 0.493 e. The van der Waals surface area contributed by atoms with Gasteiger partial charge in [0.15, 0.2) is 18.1 Å². The predicted molar refractivity (Wildman–Crippen MR) is 72.2 cm³/mol. The van der Waals surface area contributed by atoms with E-state index in [9.17, 15) is 4.79 Å². The Bertz CT molecular complexity index is 475. The minimum atomic E-state index is -0.461. The van der Waals surface area contributed by atoms with Gasteiger partial charge >= 0.3 is 5.97 Å². The van der Waals surface area contributed by atoms with Gasteiger partial charge in [-0.25, -0.2) is 4.79 Å². The Labute approximate surface area is 119 Å². The third-order valence-corrected chi connectivity index (χ3v) is 2.69. The number of ether oxygens (including phenoxy) is 3. The van der Waals surface area contributed by atoms with Gasteiger partial charge in [-0.05, 0) is 35.0 Å². The lowest BCUT2D eigenvalue weighted by Gasteiger charge is -2.12. The van der Waals surface area contributed by atoms with Crippen molar-refractivity contribution in [1.29, 1.82) is 0 Å². The van der Waals surface area contributed by atoms with Gasteiger partial charge in [0.05, 0.1) is 24.4 Å². The zero-order valence-electron chi connectivity index (χ0n) is 10.6. The normalized spacial score (nSPS) is 10.5. The van der Waals surface area contributed by atoms with Crippen LogP contribution in [0, 0.1) is 0 Å². The molecule has 1 rings (SSSR count). The van der Waals surface area contributed by atoms with E-state index in [1.165, 1.54) is 13.3 Å². The molecule has 0 heterocycles. The molecule has 0 atom stereocenters. The Morgan fingerprint density at radius 3 is 2.84 bits per heavy atom. The first-order chi connectivity index (χ1) is 9.12. The van der Waals surface area contributed by atoms with E-state index in [1.807, 2.05) is 0 Å². The van der Waals surface area contributed by atoms with Crippen LogP contribution in [0.15, 0.2) is 21.8 Å². The Kier molecular flexibility index (Phi) is 6.14. The molecule has 1 aromatic rings. The Morgan fingerprint density at radius 2 is 2.26 bits per heavy atom. The summed E-state index contributed by atoms with van der Waals surface area (Å²) in [5, 5.41) is 11.4. The van der Waals surface area contributed by atoms with Crippen molar-refractivity contribution in [3.05, 3.63) is 22.2 Å². The van der Waals surface area contributed by atoms with Crippen molar-refractivity contribution >= 4 is 28.1 Å². The highest BCUT2D eigenvalue weighted by molar-refractivity contribution is 9.10. The molecule has 0 fully saturated rings. The molecule has 0 aliphatic carbocycles. The number of carbonyl (C=O) groups is 1. The van der Waals surface area contributed by atoms with Crippen molar-refractivity contribution in [3.63, 3.8) is 0 Å². The van der Waals surface area contributed by atoms with E-state index in [4.69, 9.17) is 19.4 Å². The Hall–Kier alpha value is -1.76. The number of hydrogen-bond donors (Lipinski definition) is 1. The summed E-state index contributed by atoms with van der Waals surface area (Å²) in [5.41, 5.74) is 0.620. The van der Waals surface area contributed by atoms with Gasteiger partial charge in [0.25, 0.3) is 0 Å². The Balaban J connectivity index is 2.90. The van der Waals surface area contributed by atoms with E-state index in [-0.39, 0.29) is 6.61 Å². The van der Waals surface area contributed by atoms with Crippen LogP contribution in [0.3, 0.4) is 0 Å². The molecule has 1 aromatic carbocycles. The molecule has 0 aromatic heterocycles. The zero-order chi connectivity index (χ0) is 14.3. The van der Waals surface area contributed by atoms with Crippen LogP contribution in [0.4, 0.5) is 0 Å². The standard InChI is InChI=1S/C12H14BrNO5/c1-3-18-11(15)7-19-12-9(13)4-8(6-14-16)5-10(12)17-2/h4-6,16H,3,7H2,1-2H3/b14-6+. The molecule has 0 aliphatic rings. The molecule has 0 spiro atoms. The SMILES string of the molecule is CCOC(=O)COc1c(Br)cc(/C=N/O)cc1OC. The van der Waals surface area contributed by atoms with E-state index in [2.05, 4.69) is 21.1 Å². The molecule has 0 amide bonds. The number of esters is 1. The van der Waals surface area contributed by atoms with Crippen molar-refractivity contribution in [2.24, 2.45) is 5.16 Å². The van der Waals surface area contributed by atoms with E-state index in [0.29, 0.717) is 28.1 Å². The van der Waals surface area contributed by atoms with Gasteiger partial charge in [-0.15, -0.1) is 0 Å². The number of halogens is 1. The van der Waals surface area contributed by atoms with Crippen molar-refractivity contribution in [1.82, 2.24) is 0 Å². The summed E-state index contributed by atoms with van der Waals surface area (Å²) in [6.07, 6.45) is 1.25. The molecule has 0 saturated carbocycles. The minimum absolute atomic E-state index is 0.212. The lowest BCUT2D eigenvalue weighted by atomic mass is 10.2. The first-order valence-electron chi connectivity index (χ1n) is 5.45. The van der Waals surface area contributed by atoms with E-state index >= 15 is 0 Å². The second-order valence-corrected chi connectivity index (χ2v) is 4.23. The molecule has 0 radical (unpaired) electrons. The maximum absolute atomic E-state index is 11.2. The highest BCUT2D eigenvalue weighted by atomic mass is 79.9. The third-order valence-electron chi connectivity index (χ3n) is 2.10. The second kappa shape index (κ2) is 7.63. The van der Waals surface area contributed by atoms with Crippen molar-refractivity contribution < 1.29 is 24.2 Å². The second-order valence-electron chi connectivity index (χ2n) is 3.37. The van der Waals surface area contributed by atoms with Crippen LogP contribution >= 0.6 is 15.9 Å². The van der Waals surface area contributed by atoms with Gasteiger partial charge in [0.2, 0.25) is 0 Å². The monoisotopic (exact) mass is 331 g/mol. The van der Waals surface area contributed by atoms with Crippen LogP contribution < -0.4 is 9.47 Å². The summed E-state index contributed by atoms with van der Waals surface area (Å²) in [5.74, 6) is 0.330. The summed E-state index contributed by atoms with van der Waals surface area (Å²) >= 11 is 3.30. The smallest absolute Gasteiger partial charge is 0.344 e. The lowest BCUT2D eigenvalue weighted by molar-refractivity contribution is -0.145. The number of oxime groups is 1. The van der Waals surface area contributed by atoms with Gasteiger partial charge in [0.1, 0.15) is 0 Å². The average molecular weight is 332 g/mol. The molecule has 104 valence electrons. The van der Waals surface area contributed by atoms with E-state index in [1.54, 1.807) is 19.1 Å². The quantitative estimate of drug-likeness (QED) is 0.374. The fourth-order valence-electron chi connectivity index (χ4n) is 1.35. The molecule has 6 nitrogen and oxygen atoms in total. The van der Waals surface area contributed by atoms with Crippen molar-refractivity contribution in [3.8, 4) is 11.5 Å². The molecule has 0 unspecified atom stereocenters. The lowest BCUT2D eigenvalue weighted by Crippen LogP contribution is -2.15. The number of nitrogens with zero attached hydrogens (tertiary/aromatic N) is 1.